The van der Waals surface area contributed by atoms with Crippen LogP contribution < -0.4 is 0 Å². The molecule has 0 unspecified atom stereocenters. The van der Waals surface area contributed by atoms with Crippen molar-refractivity contribution in [2.24, 2.45) is 0 Å². The lowest BCUT2D eigenvalue weighted by Crippen LogP contribution is -2.43. The third-order valence-electron chi connectivity index (χ3n) is 2.38. The topological polar surface area (TPSA) is 83.1 Å². The normalized spacial score (nSPS) is 20.1. The number of amides is 1. The number of H-pyrrole nitrogens is 1. The van der Waals surface area contributed by atoms with E-state index in [2.05, 4.69) is 10.2 Å². The number of carbonyl (C=O) groups is 1. The fourth-order valence-electron chi connectivity index (χ4n) is 1.47. The van der Waals surface area contributed by atoms with E-state index in [-0.39, 0.29) is 30.5 Å². The summed E-state index contributed by atoms with van der Waals surface area (Å²) < 4.78 is 22.3. The lowest BCUT2D eigenvalue weighted by atomic mass is 10.3. The van der Waals surface area contributed by atoms with Gasteiger partial charge in [0.25, 0.3) is 5.91 Å². The lowest BCUT2D eigenvalue weighted by Gasteiger charge is -2.26. The molecule has 0 aromatic carbocycles. The van der Waals surface area contributed by atoms with Crippen LogP contribution in [0.4, 0.5) is 0 Å². The molecule has 1 aromatic rings. The molecule has 1 aliphatic rings. The Hall–Kier alpha value is -1.37. The van der Waals surface area contributed by atoms with Gasteiger partial charge < -0.3 is 4.90 Å². The third-order valence-corrected chi connectivity index (χ3v) is 3.99. The summed E-state index contributed by atoms with van der Waals surface area (Å²) in [5.74, 6) is -0.0636. The third kappa shape index (κ3) is 2.17. The lowest BCUT2D eigenvalue weighted by molar-refractivity contribution is 0.0770. The fourth-order valence-corrected chi connectivity index (χ4v) is 2.67. The minimum Gasteiger partial charge on any atom is -0.337 e. The minimum atomic E-state index is -2.94. The summed E-state index contributed by atoms with van der Waals surface area (Å²) in [6, 6.07) is 0. The van der Waals surface area contributed by atoms with Crippen molar-refractivity contribution < 1.29 is 13.2 Å². The highest BCUT2D eigenvalue weighted by molar-refractivity contribution is 7.91. The van der Waals surface area contributed by atoms with Crippen LogP contribution in [0, 0.1) is 0 Å². The van der Waals surface area contributed by atoms with Gasteiger partial charge in [-0.1, -0.05) is 0 Å². The quantitative estimate of drug-likeness (QED) is 0.689. The summed E-state index contributed by atoms with van der Waals surface area (Å²) in [4.78, 5) is 13.3. The van der Waals surface area contributed by atoms with Crippen LogP contribution in [0.5, 0.6) is 0 Å². The van der Waals surface area contributed by atoms with Crippen LogP contribution in [-0.2, 0) is 9.84 Å². The molecule has 1 amide bonds. The number of sulfone groups is 1. The SMILES string of the molecule is O=C(c1cn[nH]c1)N1CCS(=O)(=O)CC1. The molecule has 6 nitrogen and oxygen atoms in total. The summed E-state index contributed by atoms with van der Waals surface area (Å²) in [6.07, 6.45) is 2.94. The molecule has 0 bridgehead atoms. The summed E-state index contributed by atoms with van der Waals surface area (Å²) >= 11 is 0. The van der Waals surface area contributed by atoms with Gasteiger partial charge in [-0.25, -0.2) is 8.42 Å². The Bertz CT molecular complexity index is 437. The molecule has 0 saturated carbocycles. The summed E-state index contributed by atoms with van der Waals surface area (Å²) in [5, 5.41) is 6.23. The predicted octanol–water partition coefficient (Wildman–Crippen LogP) is -0.720. The van der Waals surface area contributed by atoms with Gasteiger partial charge in [-0.3, -0.25) is 9.89 Å². The zero-order chi connectivity index (χ0) is 10.9. The summed E-state index contributed by atoms with van der Waals surface area (Å²) in [7, 11) is -2.94. The van der Waals surface area contributed by atoms with Crippen LogP contribution in [-0.4, -0.2) is 54.0 Å². The molecular formula is C8H11N3O3S. The molecule has 1 saturated heterocycles. The van der Waals surface area contributed by atoms with Crippen LogP contribution in [0.2, 0.25) is 0 Å². The first kappa shape index (κ1) is 10.2. The molecule has 2 rings (SSSR count). The first-order chi connectivity index (χ1) is 7.08. The van der Waals surface area contributed by atoms with Crippen molar-refractivity contribution in [1.82, 2.24) is 15.1 Å². The molecule has 82 valence electrons. The van der Waals surface area contributed by atoms with Crippen LogP contribution in [0.1, 0.15) is 10.4 Å². The molecule has 0 radical (unpaired) electrons. The molecule has 7 heteroatoms. The van der Waals surface area contributed by atoms with Gasteiger partial charge in [0.15, 0.2) is 9.84 Å². The Balaban J connectivity index is 2.06. The van der Waals surface area contributed by atoms with Crippen molar-refractivity contribution in [2.75, 3.05) is 24.6 Å². The van der Waals surface area contributed by atoms with Crippen LogP contribution in [0.3, 0.4) is 0 Å². The first-order valence-corrected chi connectivity index (χ1v) is 6.39. The van der Waals surface area contributed by atoms with Gasteiger partial charge in [0.1, 0.15) is 0 Å². The number of nitrogens with one attached hydrogen (secondary N) is 1. The van der Waals surface area contributed by atoms with E-state index in [0.717, 1.165) is 0 Å². The van der Waals surface area contributed by atoms with Crippen LogP contribution in [0.15, 0.2) is 12.4 Å². The predicted molar refractivity (Wildman–Crippen MR) is 53.1 cm³/mol. The van der Waals surface area contributed by atoms with Gasteiger partial charge in [-0.15, -0.1) is 0 Å². The average Bonchev–Trinajstić information content (AvgIpc) is 2.69. The van der Waals surface area contributed by atoms with Gasteiger partial charge in [-0.2, -0.15) is 5.10 Å². The number of aromatic amines is 1. The van der Waals surface area contributed by atoms with Crippen LogP contribution in [0.25, 0.3) is 0 Å². The zero-order valence-corrected chi connectivity index (χ0v) is 8.83. The van der Waals surface area contributed by atoms with E-state index >= 15 is 0 Å². The van der Waals surface area contributed by atoms with E-state index in [1.165, 1.54) is 17.3 Å². The highest BCUT2D eigenvalue weighted by Gasteiger charge is 2.25. The highest BCUT2D eigenvalue weighted by atomic mass is 32.2. The second-order valence-corrected chi connectivity index (χ2v) is 5.73. The summed E-state index contributed by atoms with van der Waals surface area (Å²) in [5.41, 5.74) is 0.467. The Labute approximate surface area is 87.2 Å². The molecule has 0 spiro atoms. The van der Waals surface area contributed by atoms with Crippen molar-refractivity contribution in [3.63, 3.8) is 0 Å². The number of aromatic nitrogens is 2. The van der Waals surface area contributed by atoms with Crippen molar-refractivity contribution in [1.29, 1.82) is 0 Å². The number of hydrogen-bond donors (Lipinski definition) is 1. The van der Waals surface area contributed by atoms with Crippen molar-refractivity contribution >= 4 is 15.7 Å². The number of rotatable bonds is 1. The minimum absolute atomic E-state index is 0.0522. The number of nitrogens with zero attached hydrogens (tertiary/aromatic N) is 2. The Kier molecular flexibility index (Phi) is 2.47. The Morgan fingerprint density at radius 2 is 2.07 bits per heavy atom. The smallest absolute Gasteiger partial charge is 0.257 e. The number of hydrogen-bond acceptors (Lipinski definition) is 4. The maximum Gasteiger partial charge on any atom is 0.257 e. The summed E-state index contributed by atoms with van der Waals surface area (Å²) in [6.45, 7) is 0.540. The molecule has 2 heterocycles. The van der Waals surface area contributed by atoms with Crippen molar-refractivity contribution in [2.45, 2.75) is 0 Å². The van der Waals surface area contributed by atoms with Crippen molar-refractivity contribution in [3.8, 4) is 0 Å². The van der Waals surface area contributed by atoms with Gasteiger partial charge >= 0.3 is 0 Å². The molecular weight excluding hydrogens is 218 g/mol. The average molecular weight is 229 g/mol. The molecule has 0 aliphatic carbocycles. The highest BCUT2D eigenvalue weighted by Crippen LogP contribution is 2.08. The van der Waals surface area contributed by atoms with Gasteiger partial charge in [0.2, 0.25) is 0 Å². The zero-order valence-electron chi connectivity index (χ0n) is 8.01. The molecule has 1 aliphatic heterocycles. The van der Waals surface area contributed by atoms with E-state index in [0.29, 0.717) is 5.56 Å². The van der Waals surface area contributed by atoms with E-state index in [1.54, 1.807) is 0 Å². The van der Waals surface area contributed by atoms with E-state index in [4.69, 9.17) is 0 Å². The molecule has 15 heavy (non-hydrogen) atoms. The second-order valence-electron chi connectivity index (χ2n) is 3.43. The molecule has 1 fully saturated rings. The maximum atomic E-state index is 11.7. The first-order valence-electron chi connectivity index (χ1n) is 4.57. The van der Waals surface area contributed by atoms with E-state index < -0.39 is 9.84 Å². The largest absolute Gasteiger partial charge is 0.337 e. The Morgan fingerprint density at radius 3 is 2.60 bits per heavy atom. The van der Waals surface area contributed by atoms with Crippen molar-refractivity contribution in [3.05, 3.63) is 18.0 Å². The standard InChI is InChI=1S/C8H11N3O3S/c12-8(7-5-9-10-6-7)11-1-3-15(13,14)4-2-11/h5-6H,1-4H2,(H,9,10). The number of carbonyl (C=O) groups excluding carboxylic acids is 1. The van der Waals surface area contributed by atoms with Gasteiger partial charge in [-0.05, 0) is 0 Å². The van der Waals surface area contributed by atoms with Gasteiger partial charge in [0.05, 0.1) is 23.3 Å². The van der Waals surface area contributed by atoms with E-state index in [9.17, 15) is 13.2 Å². The second kappa shape index (κ2) is 3.65. The van der Waals surface area contributed by atoms with E-state index in [1.807, 2.05) is 0 Å². The monoisotopic (exact) mass is 229 g/mol. The molecule has 1 aromatic heterocycles. The van der Waals surface area contributed by atoms with Gasteiger partial charge in [0, 0.05) is 19.3 Å². The molecule has 1 N–H and O–H groups in total. The molecule has 0 atom stereocenters. The van der Waals surface area contributed by atoms with Crippen LogP contribution >= 0.6 is 0 Å². The Morgan fingerprint density at radius 1 is 1.40 bits per heavy atom. The maximum absolute atomic E-state index is 11.7. The fraction of sp³-hybridized carbons (Fsp3) is 0.500.